The van der Waals surface area contributed by atoms with Gasteiger partial charge >= 0.3 is 5.97 Å². The van der Waals surface area contributed by atoms with E-state index in [1.165, 1.54) is 6.07 Å². The minimum Gasteiger partial charge on any atom is -0.478 e. The number of nitrogens with zero attached hydrogens (tertiary/aromatic N) is 2. The number of carbonyl (C=O) groups excluding carboxylic acids is 1. The summed E-state index contributed by atoms with van der Waals surface area (Å²) in [5, 5.41) is 12.0. The zero-order valence-electron chi connectivity index (χ0n) is 11.7. The van der Waals surface area contributed by atoms with Gasteiger partial charge in [0.15, 0.2) is 0 Å². The molecule has 2 N–H and O–H groups in total. The Hall–Kier alpha value is -2.37. The fourth-order valence-electron chi connectivity index (χ4n) is 2.11. The highest BCUT2D eigenvalue weighted by Gasteiger charge is 2.15. The highest BCUT2D eigenvalue weighted by Crippen LogP contribution is 2.23. The molecule has 0 fully saturated rings. The molecular formula is C14H17N3O3. The number of fused-ring (bicyclic) bond motifs is 1. The normalized spacial score (nSPS) is 11.0. The van der Waals surface area contributed by atoms with Crippen LogP contribution in [0.1, 0.15) is 30.6 Å². The van der Waals surface area contributed by atoms with E-state index in [-0.39, 0.29) is 17.4 Å². The van der Waals surface area contributed by atoms with Crippen molar-refractivity contribution in [3.05, 3.63) is 24.0 Å². The Morgan fingerprint density at radius 2 is 2.10 bits per heavy atom. The number of carboxylic acid groups (broad SMARTS) is 1. The summed E-state index contributed by atoms with van der Waals surface area (Å²) >= 11 is 0. The second-order valence-electron chi connectivity index (χ2n) is 5.20. The molecule has 0 saturated carbocycles. The summed E-state index contributed by atoms with van der Waals surface area (Å²) in [6.45, 7) is 3.90. The highest BCUT2D eigenvalue weighted by atomic mass is 16.4. The van der Waals surface area contributed by atoms with Crippen molar-refractivity contribution in [3.8, 4) is 0 Å². The molecule has 0 aliphatic carbocycles. The molecule has 1 aromatic carbocycles. The Bertz CT molecular complexity index is 674. The summed E-state index contributed by atoms with van der Waals surface area (Å²) in [5.41, 5.74) is 1.67. The lowest BCUT2D eigenvalue weighted by atomic mass is 10.1. The van der Waals surface area contributed by atoms with Crippen LogP contribution in [-0.4, -0.2) is 26.5 Å². The van der Waals surface area contributed by atoms with Crippen LogP contribution in [0.5, 0.6) is 0 Å². The Kier molecular flexibility index (Phi) is 3.74. The van der Waals surface area contributed by atoms with Crippen molar-refractivity contribution < 1.29 is 14.7 Å². The molecule has 0 spiro atoms. The van der Waals surface area contributed by atoms with Crippen molar-refractivity contribution in [1.29, 1.82) is 0 Å². The number of hydrogen-bond donors (Lipinski definition) is 2. The van der Waals surface area contributed by atoms with Crippen LogP contribution in [0.4, 0.5) is 5.69 Å². The SMILES string of the molecule is CC(C)CC(=O)Nc1cc(C(=O)O)c2c(c1)ncn2C. The molecule has 0 saturated heterocycles. The number of anilines is 1. The minimum atomic E-state index is -1.04. The number of amides is 1. The van der Waals surface area contributed by atoms with Crippen LogP contribution in [0, 0.1) is 5.92 Å². The largest absolute Gasteiger partial charge is 0.478 e. The fourth-order valence-corrected chi connectivity index (χ4v) is 2.11. The molecule has 20 heavy (non-hydrogen) atoms. The summed E-state index contributed by atoms with van der Waals surface area (Å²) in [6.07, 6.45) is 1.94. The standard InChI is InChI=1S/C14H17N3O3/c1-8(2)4-12(18)16-9-5-10(14(19)20)13-11(6-9)15-7-17(13)3/h5-8H,4H2,1-3H3,(H,16,18)(H,19,20). The van der Waals surface area contributed by atoms with Crippen LogP contribution in [0.3, 0.4) is 0 Å². The second kappa shape index (κ2) is 5.32. The summed E-state index contributed by atoms with van der Waals surface area (Å²) < 4.78 is 1.65. The van der Waals surface area contributed by atoms with E-state index in [9.17, 15) is 14.7 Å². The predicted molar refractivity (Wildman–Crippen MR) is 75.8 cm³/mol. The number of hydrogen-bond acceptors (Lipinski definition) is 3. The van der Waals surface area contributed by atoms with Gasteiger partial charge in [-0.3, -0.25) is 4.79 Å². The summed E-state index contributed by atoms with van der Waals surface area (Å²) in [7, 11) is 1.73. The van der Waals surface area contributed by atoms with E-state index in [1.807, 2.05) is 13.8 Å². The number of benzene rings is 1. The quantitative estimate of drug-likeness (QED) is 0.896. The third-order valence-electron chi connectivity index (χ3n) is 2.92. The van der Waals surface area contributed by atoms with Gasteiger partial charge in [-0.15, -0.1) is 0 Å². The topological polar surface area (TPSA) is 84.2 Å². The molecule has 0 aliphatic heterocycles. The molecule has 2 aromatic rings. The van der Waals surface area contributed by atoms with Crippen molar-refractivity contribution in [3.63, 3.8) is 0 Å². The van der Waals surface area contributed by atoms with Crippen LogP contribution < -0.4 is 5.32 Å². The molecule has 6 heteroatoms. The Morgan fingerprint density at radius 3 is 2.70 bits per heavy atom. The first-order chi connectivity index (χ1) is 9.38. The van der Waals surface area contributed by atoms with Crippen LogP contribution in [0.2, 0.25) is 0 Å². The lowest BCUT2D eigenvalue weighted by Crippen LogP contribution is -2.14. The number of imidazole rings is 1. The van der Waals surface area contributed by atoms with Crippen LogP contribution in [-0.2, 0) is 11.8 Å². The average Bonchev–Trinajstić information content (AvgIpc) is 2.69. The number of rotatable bonds is 4. The number of aryl methyl sites for hydroxylation is 1. The zero-order chi connectivity index (χ0) is 14.9. The maximum absolute atomic E-state index is 11.8. The molecule has 106 valence electrons. The van der Waals surface area contributed by atoms with E-state index in [0.29, 0.717) is 23.1 Å². The molecule has 6 nitrogen and oxygen atoms in total. The van der Waals surface area contributed by atoms with Crippen molar-refractivity contribution in [1.82, 2.24) is 9.55 Å². The third-order valence-corrected chi connectivity index (χ3v) is 2.92. The van der Waals surface area contributed by atoms with Gasteiger partial charge in [-0.1, -0.05) is 13.8 Å². The molecule has 2 rings (SSSR count). The number of nitrogens with one attached hydrogen (secondary N) is 1. The Balaban J connectivity index is 2.41. The summed E-state index contributed by atoms with van der Waals surface area (Å²) in [6, 6.07) is 3.14. The molecule has 1 aromatic heterocycles. The second-order valence-corrected chi connectivity index (χ2v) is 5.20. The van der Waals surface area contributed by atoms with Gasteiger partial charge in [0.1, 0.15) is 0 Å². The summed E-state index contributed by atoms with van der Waals surface area (Å²) in [4.78, 5) is 27.2. The van der Waals surface area contributed by atoms with E-state index in [0.717, 1.165) is 0 Å². The minimum absolute atomic E-state index is 0.127. The van der Waals surface area contributed by atoms with Crippen molar-refractivity contribution >= 4 is 28.6 Å². The van der Waals surface area contributed by atoms with Crippen molar-refractivity contribution in [2.45, 2.75) is 20.3 Å². The van der Waals surface area contributed by atoms with Crippen molar-refractivity contribution in [2.75, 3.05) is 5.32 Å². The summed E-state index contributed by atoms with van der Waals surface area (Å²) in [5.74, 6) is -0.933. The highest BCUT2D eigenvalue weighted by molar-refractivity contribution is 6.04. The number of aromatic carboxylic acids is 1. The van der Waals surface area contributed by atoms with Crippen LogP contribution >= 0.6 is 0 Å². The zero-order valence-corrected chi connectivity index (χ0v) is 11.7. The molecule has 1 heterocycles. The average molecular weight is 275 g/mol. The van der Waals surface area contributed by atoms with Gasteiger partial charge in [0, 0.05) is 19.2 Å². The molecule has 0 radical (unpaired) electrons. The molecule has 0 unspecified atom stereocenters. The predicted octanol–water partition coefficient (Wildman–Crippen LogP) is 2.26. The van der Waals surface area contributed by atoms with E-state index in [4.69, 9.17) is 0 Å². The maximum atomic E-state index is 11.8. The lowest BCUT2D eigenvalue weighted by Gasteiger charge is -2.09. The van der Waals surface area contributed by atoms with Gasteiger partial charge in [0.25, 0.3) is 0 Å². The van der Waals surface area contributed by atoms with Gasteiger partial charge in [-0.25, -0.2) is 9.78 Å². The van der Waals surface area contributed by atoms with E-state index in [1.54, 1.807) is 24.0 Å². The van der Waals surface area contributed by atoms with E-state index >= 15 is 0 Å². The number of carbonyl (C=O) groups is 2. The molecule has 0 bridgehead atoms. The Labute approximate surface area is 116 Å². The van der Waals surface area contributed by atoms with Crippen molar-refractivity contribution in [2.24, 2.45) is 13.0 Å². The third kappa shape index (κ3) is 2.79. The van der Waals surface area contributed by atoms with Crippen LogP contribution in [0.15, 0.2) is 18.5 Å². The lowest BCUT2D eigenvalue weighted by molar-refractivity contribution is -0.116. The van der Waals surface area contributed by atoms with Gasteiger partial charge in [0.05, 0.1) is 22.9 Å². The first-order valence-corrected chi connectivity index (χ1v) is 6.36. The van der Waals surface area contributed by atoms with Gasteiger partial charge in [-0.2, -0.15) is 0 Å². The molecule has 0 aliphatic rings. The van der Waals surface area contributed by atoms with Crippen LogP contribution in [0.25, 0.3) is 11.0 Å². The monoisotopic (exact) mass is 275 g/mol. The van der Waals surface area contributed by atoms with Gasteiger partial charge in [-0.05, 0) is 18.1 Å². The Morgan fingerprint density at radius 1 is 1.40 bits per heavy atom. The number of carboxylic acids is 1. The molecule has 1 amide bonds. The van der Waals surface area contributed by atoms with Gasteiger partial charge in [0.2, 0.25) is 5.91 Å². The smallest absolute Gasteiger partial charge is 0.337 e. The first-order valence-electron chi connectivity index (χ1n) is 6.36. The first kappa shape index (κ1) is 14.0. The van der Waals surface area contributed by atoms with E-state index < -0.39 is 5.97 Å². The fraction of sp³-hybridized carbons (Fsp3) is 0.357. The van der Waals surface area contributed by atoms with Gasteiger partial charge < -0.3 is 15.0 Å². The number of aromatic nitrogens is 2. The van der Waals surface area contributed by atoms with E-state index in [2.05, 4.69) is 10.3 Å². The molecular weight excluding hydrogens is 258 g/mol. The molecule has 0 atom stereocenters. The maximum Gasteiger partial charge on any atom is 0.337 e.